The van der Waals surface area contributed by atoms with Crippen LogP contribution in [-0.2, 0) is 4.79 Å². The highest BCUT2D eigenvalue weighted by molar-refractivity contribution is 5.77. The Bertz CT molecular complexity index is 470. The Morgan fingerprint density at radius 3 is 2.75 bits per heavy atom. The molecule has 5 heteroatoms. The van der Waals surface area contributed by atoms with Gasteiger partial charge in [0.1, 0.15) is 11.6 Å². The lowest BCUT2D eigenvalue weighted by molar-refractivity contribution is -0.134. The van der Waals surface area contributed by atoms with E-state index >= 15 is 0 Å². The van der Waals surface area contributed by atoms with Crippen molar-refractivity contribution in [2.45, 2.75) is 32.3 Å². The van der Waals surface area contributed by atoms with Gasteiger partial charge in [0, 0.05) is 24.7 Å². The van der Waals surface area contributed by atoms with Crippen LogP contribution in [0.25, 0.3) is 0 Å². The summed E-state index contributed by atoms with van der Waals surface area (Å²) in [6.07, 6.45) is 2.42. The first kappa shape index (κ1) is 14.8. The van der Waals surface area contributed by atoms with Crippen LogP contribution in [0.1, 0.15) is 37.9 Å². The Hall–Kier alpha value is -1.62. The van der Waals surface area contributed by atoms with Crippen molar-refractivity contribution >= 4 is 5.91 Å². The van der Waals surface area contributed by atoms with Crippen LogP contribution in [0.4, 0.5) is 4.39 Å². The Kier molecular flexibility index (Phi) is 4.95. The molecule has 1 saturated heterocycles. The number of aliphatic hydroxyl groups excluding tert-OH is 1. The van der Waals surface area contributed by atoms with Crippen molar-refractivity contribution in [3.63, 3.8) is 0 Å². The van der Waals surface area contributed by atoms with Crippen molar-refractivity contribution < 1.29 is 19.0 Å². The van der Waals surface area contributed by atoms with Crippen LogP contribution >= 0.6 is 0 Å². The lowest BCUT2D eigenvalue weighted by Crippen LogP contribution is -2.38. The monoisotopic (exact) mass is 281 g/mol. The molecule has 0 spiro atoms. The molecule has 2 rings (SSSR count). The van der Waals surface area contributed by atoms with Crippen LogP contribution in [0.5, 0.6) is 5.75 Å². The maximum absolute atomic E-state index is 13.2. The van der Waals surface area contributed by atoms with Gasteiger partial charge in [-0.1, -0.05) is 0 Å². The zero-order chi connectivity index (χ0) is 14.5. The van der Waals surface area contributed by atoms with Crippen molar-refractivity contribution in [2.24, 2.45) is 0 Å². The van der Waals surface area contributed by atoms with Crippen LogP contribution < -0.4 is 4.74 Å². The number of halogens is 1. The first-order valence-corrected chi connectivity index (χ1v) is 6.96. The molecule has 1 aromatic rings. The van der Waals surface area contributed by atoms with Crippen LogP contribution in [-0.4, -0.2) is 35.6 Å². The van der Waals surface area contributed by atoms with Crippen molar-refractivity contribution in [2.75, 3.05) is 19.7 Å². The Labute approximate surface area is 118 Å². The second-order valence-corrected chi connectivity index (χ2v) is 5.09. The third kappa shape index (κ3) is 3.70. The molecule has 0 unspecified atom stereocenters. The van der Waals surface area contributed by atoms with Gasteiger partial charge in [-0.25, -0.2) is 4.39 Å². The van der Waals surface area contributed by atoms with E-state index in [-0.39, 0.29) is 18.3 Å². The number of hydrogen-bond acceptors (Lipinski definition) is 3. The predicted molar refractivity (Wildman–Crippen MR) is 73.0 cm³/mol. The maximum atomic E-state index is 13.2. The minimum Gasteiger partial charge on any atom is -0.483 e. The largest absolute Gasteiger partial charge is 0.483 e. The summed E-state index contributed by atoms with van der Waals surface area (Å²) >= 11 is 0. The van der Waals surface area contributed by atoms with E-state index in [9.17, 15) is 14.3 Å². The van der Waals surface area contributed by atoms with E-state index in [1.165, 1.54) is 18.2 Å². The summed E-state index contributed by atoms with van der Waals surface area (Å²) in [6.45, 7) is 2.97. The fraction of sp³-hybridized carbons (Fsp3) is 0.533. The van der Waals surface area contributed by atoms with E-state index in [1.807, 2.05) is 0 Å². The molecular weight excluding hydrogens is 261 g/mol. The van der Waals surface area contributed by atoms with E-state index in [4.69, 9.17) is 4.74 Å². The normalized spacial score (nSPS) is 16.9. The van der Waals surface area contributed by atoms with E-state index < -0.39 is 11.9 Å². The minimum absolute atomic E-state index is 0.0921. The number of benzene rings is 1. The molecule has 1 aliphatic heterocycles. The van der Waals surface area contributed by atoms with Gasteiger partial charge in [0.2, 0.25) is 0 Å². The Morgan fingerprint density at radius 1 is 1.40 bits per heavy atom. The molecule has 0 aromatic heterocycles. The third-order valence-corrected chi connectivity index (χ3v) is 3.49. The molecule has 1 fully saturated rings. The van der Waals surface area contributed by atoms with E-state index in [2.05, 4.69) is 0 Å². The second-order valence-electron chi connectivity index (χ2n) is 5.09. The molecule has 110 valence electrons. The standard InChI is InChI=1S/C15H20FNO3/c1-11(18)13-6-5-12(16)9-14(13)20-10-15(19)17-7-3-2-4-8-17/h5-6,9,11,18H,2-4,7-8,10H2,1H3/t11-/m1/s1. The van der Waals surface area contributed by atoms with Crippen LogP contribution in [0.2, 0.25) is 0 Å². The first-order chi connectivity index (χ1) is 9.58. The molecule has 1 aliphatic rings. The number of ether oxygens (including phenoxy) is 1. The lowest BCUT2D eigenvalue weighted by atomic mass is 10.1. The topological polar surface area (TPSA) is 49.8 Å². The quantitative estimate of drug-likeness (QED) is 0.921. The number of nitrogens with zero attached hydrogens (tertiary/aromatic N) is 1. The van der Waals surface area contributed by atoms with Gasteiger partial charge in [-0.3, -0.25) is 4.79 Å². The molecule has 0 saturated carbocycles. The summed E-state index contributed by atoms with van der Waals surface area (Å²) in [7, 11) is 0. The molecule has 0 aliphatic carbocycles. The van der Waals surface area contributed by atoms with Gasteiger partial charge in [0.05, 0.1) is 6.10 Å². The van der Waals surface area contributed by atoms with E-state index in [1.54, 1.807) is 11.8 Å². The van der Waals surface area contributed by atoms with Crippen LogP contribution in [0, 0.1) is 5.82 Å². The molecule has 1 amide bonds. The summed E-state index contributed by atoms with van der Waals surface area (Å²) in [4.78, 5) is 13.8. The third-order valence-electron chi connectivity index (χ3n) is 3.49. The van der Waals surface area contributed by atoms with Gasteiger partial charge in [0.15, 0.2) is 6.61 Å². The first-order valence-electron chi connectivity index (χ1n) is 6.96. The SMILES string of the molecule is C[C@@H](O)c1ccc(F)cc1OCC(=O)N1CCCCC1. The Morgan fingerprint density at radius 2 is 2.10 bits per heavy atom. The zero-order valence-corrected chi connectivity index (χ0v) is 11.6. The summed E-state index contributed by atoms with van der Waals surface area (Å²) in [5.41, 5.74) is 0.484. The van der Waals surface area contributed by atoms with Crippen LogP contribution in [0.3, 0.4) is 0 Å². The highest BCUT2D eigenvalue weighted by Gasteiger charge is 2.18. The average Bonchev–Trinajstić information content (AvgIpc) is 2.45. The van der Waals surface area contributed by atoms with Gasteiger partial charge in [-0.15, -0.1) is 0 Å². The molecule has 1 N–H and O–H groups in total. The van der Waals surface area contributed by atoms with Gasteiger partial charge >= 0.3 is 0 Å². The maximum Gasteiger partial charge on any atom is 0.260 e. The number of aliphatic hydroxyl groups is 1. The molecule has 0 bridgehead atoms. The number of carbonyl (C=O) groups excluding carboxylic acids is 1. The number of amides is 1. The highest BCUT2D eigenvalue weighted by atomic mass is 19.1. The molecule has 20 heavy (non-hydrogen) atoms. The van der Waals surface area contributed by atoms with Crippen molar-refractivity contribution in [1.29, 1.82) is 0 Å². The zero-order valence-electron chi connectivity index (χ0n) is 11.6. The molecule has 1 aromatic carbocycles. The average molecular weight is 281 g/mol. The van der Waals surface area contributed by atoms with Crippen LogP contribution in [0.15, 0.2) is 18.2 Å². The molecule has 4 nitrogen and oxygen atoms in total. The smallest absolute Gasteiger partial charge is 0.260 e. The second kappa shape index (κ2) is 6.70. The molecular formula is C15H20FNO3. The van der Waals surface area contributed by atoms with Gasteiger partial charge in [-0.2, -0.15) is 0 Å². The minimum atomic E-state index is -0.768. The number of carbonyl (C=O) groups is 1. The molecule has 1 atom stereocenters. The van der Waals surface area contributed by atoms with E-state index in [0.29, 0.717) is 5.56 Å². The van der Waals surface area contributed by atoms with Gasteiger partial charge in [0.25, 0.3) is 5.91 Å². The number of rotatable bonds is 4. The number of piperidine rings is 1. The summed E-state index contributed by atoms with van der Waals surface area (Å²) < 4.78 is 18.6. The fourth-order valence-corrected chi connectivity index (χ4v) is 2.35. The number of hydrogen-bond donors (Lipinski definition) is 1. The summed E-state index contributed by atoms with van der Waals surface area (Å²) in [5, 5.41) is 9.61. The molecule has 1 heterocycles. The van der Waals surface area contributed by atoms with Crippen molar-refractivity contribution in [3.8, 4) is 5.75 Å². The van der Waals surface area contributed by atoms with Gasteiger partial charge < -0.3 is 14.7 Å². The predicted octanol–water partition coefficient (Wildman–Crippen LogP) is 2.27. The Balaban J connectivity index is 1.99. The fourth-order valence-electron chi connectivity index (χ4n) is 2.35. The summed E-state index contributed by atoms with van der Waals surface area (Å²) in [6, 6.07) is 3.94. The lowest BCUT2D eigenvalue weighted by Gasteiger charge is -2.26. The van der Waals surface area contributed by atoms with Gasteiger partial charge in [-0.05, 0) is 38.3 Å². The van der Waals surface area contributed by atoms with E-state index in [0.717, 1.165) is 32.4 Å². The number of likely N-dealkylation sites (tertiary alicyclic amines) is 1. The molecule has 0 radical (unpaired) electrons. The highest BCUT2D eigenvalue weighted by Crippen LogP contribution is 2.26. The van der Waals surface area contributed by atoms with Crippen molar-refractivity contribution in [3.05, 3.63) is 29.6 Å². The van der Waals surface area contributed by atoms with Crippen molar-refractivity contribution in [1.82, 2.24) is 4.90 Å². The summed E-state index contributed by atoms with van der Waals surface area (Å²) in [5.74, 6) is -0.314.